The van der Waals surface area contributed by atoms with Gasteiger partial charge in [0.1, 0.15) is 5.60 Å². The minimum atomic E-state index is -3.61. The monoisotopic (exact) mass is 341 g/mol. The number of sulfone groups is 1. The van der Waals surface area contributed by atoms with Crippen LogP contribution in [0, 0.1) is 6.92 Å². The van der Waals surface area contributed by atoms with E-state index < -0.39 is 27.6 Å². The van der Waals surface area contributed by atoms with Crippen LogP contribution in [-0.2, 0) is 14.6 Å². The van der Waals surface area contributed by atoms with Gasteiger partial charge in [0.15, 0.2) is 14.9 Å². The van der Waals surface area contributed by atoms with E-state index in [2.05, 4.69) is 9.97 Å². The maximum atomic E-state index is 12.6. The Bertz CT molecular complexity index is 682. The number of aryl methyl sites for hydroxylation is 1. The summed E-state index contributed by atoms with van der Waals surface area (Å²) >= 11 is 0. The topological polar surface area (TPSA) is 89.5 Å². The zero-order chi connectivity index (χ0) is 17.3. The second-order valence-electron chi connectivity index (χ2n) is 6.70. The van der Waals surface area contributed by atoms with Crippen LogP contribution in [0.15, 0.2) is 17.4 Å². The summed E-state index contributed by atoms with van der Waals surface area (Å²) < 4.78 is 30.5. The standard InChI is InChI=1S/C15H23N3O4S/c1-11-13(17-8-7-16-11)23(20,21)10-12-6-5-9-18(12)14(19)22-15(2,3)4/h7-8,12H,5-6,9-10H2,1-4H3. The second kappa shape index (κ2) is 6.43. The summed E-state index contributed by atoms with van der Waals surface area (Å²) in [6.07, 6.45) is 3.75. The van der Waals surface area contributed by atoms with Crippen molar-refractivity contribution >= 4 is 15.9 Å². The van der Waals surface area contributed by atoms with E-state index in [0.29, 0.717) is 18.7 Å². The first kappa shape index (κ1) is 17.7. The normalized spacial score (nSPS) is 19.0. The van der Waals surface area contributed by atoms with Crippen LogP contribution in [0.3, 0.4) is 0 Å². The van der Waals surface area contributed by atoms with E-state index in [-0.39, 0.29) is 10.8 Å². The number of nitrogens with zero attached hydrogens (tertiary/aromatic N) is 3. The Morgan fingerprint density at radius 1 is 1.35 bits per heavy atom. The molecule has 1 fully saturated rings. The molecule has 1 saturated heterocycles. The highest BCUT2D eigenvalue weighted by molar-refractivity contribution is 7.91. The molecule has 1 atom stereocenters. The van der Waals surface area contributed by atoms with Crippen molar-refractivity contribution in [2.75, 3.05) is 12.3 Å². The fraction of sp³-hybridized carbons (Fsp3) is 0.667. The molecular weight excluding hydrogens is 318 g/mol. The zero-order valence-corrected chi connectivity index (χ0v) is 14.8. The summed E-state index contributed by atoms with van der Waals surface area (Å²) in [5, 5.41) is -0.0176. The highest BCUT2D eigenvalue weighted by Crippen LogP contribution is 2.24. The summed E-state index contributed by atoms with van der Waals surface area (Å²) in [7, 11) is -3.61. The first-order valence-electron chi connectivity index (χ1n) is 7.60. The van der Waals surface area contributed by atoms with Crippen LogP contribution in [0.5, 0.6) is 0 Å². The zero-order valence-electron chi connectivity index (χ0n) is 13.9. The summed E-state index contributed by atoms with van der Waals surface area (Å²) in [6, 6.07) is -0.392. The van der Waals surface area contributed by atoms with Gasteiger partial charge in [-0.25, -0.2) is 18.2 Å². The molecule has 0 bridgehead atoms. The quantitative estimate of drug-likeness (QED) is 0.835. The number of aromatic nitrogens is 2. The molecular formula is C15H23N3O4S. The van der Waals surface area contributed by atoms with E-state index in [1.807, 2.05) is 0 Å². The molecule has 2 heterocycles. The van der Waals surface area contributed by atoms with Crippen molar-refractivity contribution in [2.24, 2.45) is 0 Å². The number of carbonyl (C=O) groups excluding carboxylic acids is 1. The first-order valence-corrected chi connectivity index (χ1v) is 9.25. The average Bonchev–Trinajstić information content (AvgIpc) is 2.84. The van der Waals surface area contributed by atoms with Crippen LogP contribution in [-0.4, -0.2) is 53.3 Å². The molecule has 2 rings (SSSR count). The summed E-state index contributed by atoms with van der Waals surface area (Å²) in [5.74, 6) is -0.161. The predicted octanol–water partition coefficient (Wildman–Crippen LogP) is 1.96. The van der Waals surface area contributed by atoms with Crippen LogP contribution < -0.4 is 0 Å². The van der Waals surface area contributed by atoms with E-state index in [0.717, 1.165) is 6.42 Å². The molecule has 1 aliphatic heterocycles. The van der Waals surface area contributed by atoms with Gasteiger partial charge in [0.2, 0.25) is 0 Å². The van der Waals surface area contributed by atoms with Gasteiger partial charge in [0.05, 0.1) is 11.4 Å². The van der Waals surface area contributed by atoms with E-state index in [1.165, 1.54) is 17.3 Å². The van der Waals surface area contributed by atoms with Crippen molar-refractivity contribution in [1.29, 1.82) is 0 Å². The number of carbonyl (C=O) groups is 1. The Kier molecular flexibility index (Phi) is 4.93. The third-order valence-electron chi connectivity index (χ3n) is 3.55. The van der Waals surface area contributed by atoms with E-state index in [4.69, 9.17) is 4.74 Å². The van der Waals surface area contributed by atoms with Crippen molar-refractivity contribution in [3.63, 3.8) is 0 Å². The highest BCUT2D eigenvalue weighted by atomic mass is 32.2. The Morgan fingerprint density at radius 3 is 2.61 bits per heavy atom. The fourth-order valence-corrected chi connectivity index (χ4v) is 4.34. The number of hydrogen-bond donors (Lipinski definition) is 0. The molecule has 1 unspecified atom stereocenters. The SMILES string of the molecule is Cc1nccnc1S(=O)(=O)CC1CCCN1C(=O)OC(C)(C)C. The molecule has 1 aromatic heterocycles. The Balaban J connectivity index is 2.15. The van der Waals surface area contributed by atoms with E-state index >= 15 is 0 Å². The third-order valence-corrected chi connectivity index (χ3v) is 5.36. The van der Waals surface area contributed by atoms with Crippen molar-refractivity contribution in [1.82, 2.24) is 14.9 Å². The minimum Gasteiger partial charge on any atom is -0.444 e. The van der Waals surface area contributed by atoms with Crippen molar-refractivity contribution in [2.45, 2.75) is 57.2 Å². The van der Waals surface area contributed by atoms with E-state index in [1.54, 1.807) is 27.7 Å². The van der Waals surface area contributed by atoms with Gasteiger partial charge >= 0.3 is 6.09 Å². The van der Waals surface area contributed by atoms with Crippen LogP contribution in [0.4, 0.5) is 4.79 Å². The molecule has 128 valence electrons. The lowest BCUT2D eigenvalue weighted by Gasteiger charge is -2.28. The predicted molar refractivity (Wildman–Crippen MR) is 84.8 cm³/mol. The highest BCUT2D eigenvalue weighted by Gasteiger charge is 2.36. The van der Waals surface area contributed by atoms with Gasteiger partial charge in [-0.1, -0.05) is 0 Å². The Labute approximate surface area is 137 Å². The van der Waals surface area contributed by atoms with Crippen LogP contribution >= 0.6 is 0 Å². The summed E-state index contributed by atoms with van der Waals surface area (Å²) in [4.78, 5) is 21.7. The lowest BCUT2D eigenvalue weighted by molar-refractivity contribution is 0.0241. The lowest BCUT2D eigenvalue weighted by atomic mass is 10.2. The van der Waals surface area contributed by atoms with Gasteiger partial charge in [0, 0.05) is 25.0 Å². The third kappa shape index (κ3) is 4.40. The largest absolute Gasteiger partial charge is 0.444 e. The van der Waals surface area contributed by atoms with E-state index in [9.17, 15) is 13.2 Å². The first-order chi connectivity index (χ1) is 10.6. The number of likely N-dealkylation sites (tertiary alicyclic amines) is 1. The van der Waals surface area contributed by atoms with Crippen molar-refractivity contribution in [3.8, 4) is 0 Å². The van der Waals surface area contributed by atoms with Crippen molar-refractivity contribution in [3.05, 3.63) is 18.1 Å². The minimum absolute atomic E-state index is 0.0176. The molecule has 0 radical (unpaired) electrons. The molecule has 7 nitrogen and oxygen atoms in total. The average molecular weight is 341 g/mol. The molecule has 0 spiro atoms. The smallest absolute Gasteiger partial charge is 0.410 e. The molecule has 1 aromatic rings. The van der Waals surface area contributed by atoms with Gasteiger partial charge in [-0.2, -0.15) is 0 Å². The molecule has 0 N–H and O–H groups in total. The van der Waals surface area contributed by atoms with Gasteiger partial charge in [0.25, 0.3) is 0 Å². The van der Waals surface area contributed by atoms with Crippen LogP contribution in [0.2, 0.25) is 0 Å². The fourth-order valence-electron chi connectivity index (χ4n) is 2.60. The van der Waals surface area contributed by atoms with Crippen LogP contribution in [0.25, 0.3) is 0 Å². The molecule has 8 heteroatoms. The molecule has 0 saturated carbocycles. The van der Waals surface area contributed by atoms with Gasteiger partial charge in [-0.05, 0) is 40.5 Å². The van der Waals surface area contributed by atoms with Gasteiger partial charge in [-0.15, -0.1) is 0 Å². The molecule has 23 heavy (non-hydrogen) atoms. The summed E-state index contributed by atoms with van der Waals surface area (Å²) in [6.45, 7) is 7.48. The Hall–Kier alpha value is -1.70. The second-order valence-corrected chi connectivity index (χ2v) is 8.65. The number of amides is 1. The van der Waals surface area contributed by atoms with Crippen LogP contribution in [0.1, 0.15) is 39.3 Å². The molecule has 1 aliphatic rings. The van der Waals surface area contributed by atoms with Crippen molar-refractivity contribution < 1.29 is 17.9 Å². The van der Waals surface area contributed by atoms with Gasteiger partial charge < -0.3 is 9.64 Å². The molecule has 0 aliphatic carbocycles. The number of rotatable bonds is 3. The molecule has 0 aromatic carbocycles. The maximum Gasteiger partial charge on any atom is 0.410 e. The maximum absolute atomic E-state index is 12.6. The summed E-state index contributed by atoms with van der Waals surface area (Å²) in [5.41, 5.74) is -0.237. The Morgan fingerprint density at radius 2 is 2.00 bits per heavy atom. The van der Waals surface area contributed by atoms with Gasteiger partial charge in [-0.3, -0.25) is 4.98 Å². The number of hydrogen-bond acceptors (Lipinski definition) is 6. The number of ether oxygens (including phenoxy) is 1. The molecule has 1 amide bonds. The lowest BCUT2D eigenvalue weighted by Crippen LogP contribution is -2.42.